The molecule has 8 N–H and O–H groups in total. The smallest absolute Gasteiger partial charge is 0.304 e. The number of carbonyl (C=O) groups excluding carboxylic acids is 6. The number of carbonyl (C=O) groups is 7. The summed E-state index contributed by atoms with van der Waals surface area (Å²) in [5.41, 5.74) is -0.110. The molecular formula is C37H56N6O10. The topological polar surface area (TPSA) is 244 Å². The molecule has 2 fully saturated rings. The van der Waals surface area contributed by atoms with Crippen molar-refractivity contribution in [1.29, 1.82) is 0 Å². The number of phenolic OH excluding ortho intramolecular Hbond substituents is 1. The Kier molecular flexibility index (Phi) is 14.9. The number of phenols is 1. The van der Waals surface area contributed by atoms with E-state index in [2.05, 4.69) is 26.6 Å². The Morgan fingerprint density at radius 2 is 1.53 bits per heavy atom. The van der Waals surface area contributed by atoms with E-state index in [0.29, 0.717) is 18.4 Å². The number of nitrogens with zero attached hydrogens (tertiary/aromatic N) is 1. The number of ketones is 1. The number of carboxylic acids is 1. The predicted octanol–water partition coefficient (Wildman–Crippen LogP) is 0.132. The monoisotopic (exact) mass is 744 g/mol. The normalized spacial score (nSPS) is 27.7. The minimum atomic E-state index is -1.59. The lowest BCUT2D eigenvalue weighted by Crippen LogP contribution is -2.65. The van der Waals surface area contributed by atoms with E-state index in [4.69, 9.17) is 0 Å². The molecule has 1 aromatic carbocycles. The summed E-state index contributed by atoms with van der Waals surface area (Å²) >= 11 is 0. The van der Waals surface area contributed by atoms with Crippen LogP contribution in [0.4, 0.5) is 0 Å². The largest absolute Gasteiger partial charge is 0.508 e. The molecule has 53 heavy (non-hydrogen) atoms. The van der Waals surface area contributed by atoms with Gasteiger partial charge < -0.3 is 41.9 Å². The zero-order valence-electron chi connectivity index (χ0n) is 31.6. The van der Waals surface area contributed by atoms with Crippen molar-refractivity contribution >= 4 is 41.3 Å². The first-order valence-electron chi connectivity index (χ1n) is 18.2. The summed E-state index contributed by atoms with van der Waals surface area (Å²) in [4.78, 5) is 96.7. The Labute approximate surface area is 310 Å². The molecule has 0 bridgehead atoms. The van der Waals surface area contributed by atoms with Crippen LogP contribution in [-0.4, -0.2) is 116 Å². The Balaban J connectivity index is 2.16. The number of amides is 5. The first-order valence-corrected chi connectivity index (χ1v) is 18.2. The van der Waals surface area contributed by atoms with E-state index in [-0.39, 0.29) is 31.1 Å². The van der Waals surface area contributed by atoms with Gasteiger partial charge in [-0.3, -0.25) is 38.5 Å². The molecule has 0 aromatic heterocycles. The van der Waals surface area contributed by atoms with E-state index in [1.165, 1.54) is 19.1 Å². The number of aliphatic hydroxyl groups excluding tert-OH is 1. The van der Waals surface area contributed by atoms with Crippen LogP contribution in [0.25, 0.3) is 0 Å². The highest BCUT2D eigenvalue weighted by Crippen LogP contribution is 2.24. The van der Waals surface area contributed by atoms with Crippen molar-refractivity contribution < 1.29 is 48.9 Å². The molecule has 0 unspecified atom stereocenters. The number of nitrogens with one attached hydrogen (secondary N) is 5. The standard InChI is InChI=1S/C37H56N6O10/c1-19(2)15-25-28(46)17-23(18-29(47)48)32(49)41-30(21(4)44)35(52)38-20(3)31(36(53)42-37(5,6)7)43-14-8-9-27(43)34(51)40-26(33(50)39-25)16-22-10-12-24(45)13-11-22/h10-13,19-21,23,25-27,30-31,44-45H,8-9,14-18H2,1-7H3,(H,38,52)(H,39,50)(H,40,51)(H,41,49)(H,42,53)(H,47,48)/t20-,21+,23-,25-,26+,27-,30-,31-/m0/s1. The fourth-order valence-electron chi connectivity index (χ4n) is 6.79. The van der Waals surface area contributed by atoms with Gasteiger partial charge in [0.1, 0.15) is 23.9 Å². The average Bonchev–Trinajstić information content (AvgIpc) is 3.50. The van der Waals surface area contributed by atoms with Gasteiger partial charge in [-0.2, -0.15) is 0 Å². The van der Waals surface area contributed by atoms with Crippen LogP contribution in [-0.2, 0) is 40.0 Å². The zero-order valence-corrected chi connectivity index (χ0v) is 31.6. The zero-order chi connectivity index (χ0) is 39.8. The number of hydrogen-bond acceptors (Lipinski definition) is 10. The van der Waals surface area contributed by atoms with Gasteiger partial charge in [-0.15, -0.1) is 0 Å². The number of fused-ring (bicyclic) bond motifs is 1. The molecular weight excluding hydrogens is 688 g/mol. The van der Waals surface area contributed by atoms with Crippen LogP contribution in [0.5, 0.6) is 5.75 Å². The third kappa shape index (κ3) is 12.5. The summed E-state index contributed by atoms with van der Waals surface area (Å²) in [7, 11) is 0. The predicted molar refractivity (Wildman–Crippen MR) is 193 cm³/mol. The van der Waals surface area contributed by atoms with E-state index in [1.807, 2.05) is 13.8 Å². The van der Waals surface area contributed by atoms with Crippen molar-refractivity contribution in [3.8, 4) is 5.75 Å². The van der Waals surface area contributed by atoms with Gasteiger partial charge in [0.25, 0.3) is 0 Å². The van der Waals surface area contributed by atoms with Crippen molar-refractivity contribution in [2.24, 2.45) is 11.8 Å². The van der Waals surface area contributed by atoms with Crippen molar-refractivity contribution in [3.63, 3.8) is 0 Å². The summed E-state index contributed by atoms with van der Waals surface area (Å²) in [5.74, 6) is -7.22. The highest BCUT2D eigenvalue weighted by atomic mass is 16.4. The van der Waals surface area contributed by atoms with Crippen LogP contribution in [0.15, 0.2) is 24.3 Å². The van der Waals surface area contributed by atoms with Crippen LogP contribution in [0.1, 0.15) is 86.1 Å². The summed E-state index contributed by atoms with van der Waals surface area (Å²) in [6.07, 6.45) is -1.93. The van der Waals surface area contributed by atoms with Gasteiger partial charge in [-0.05, 0) is 84.0 Å². The molecule has 3 rings (SSSR count). The molecule has 2 saturated heterocycles. The van der Waals surface area contributed by atoms with E-state index >= 15 is 0 Å². The van der Waals surface area contributed by atoms with E-state index in [1.54, 1.807) is 44.7 Å². The second-order valence-corrected chi connectivity index (χ2v) is 15.7. The molecule has 16 nitrogen and oxygen atoms in total. The fraction of sp³-hybridized carbons (Fsp3) is 0.649. The molecule has 5 amide bonds. The number of hydrogen-bond donors (Lipinski definition) is 8. The summed E-state index contributed by atoms with van der Waals surface area (Å²) in [6, 6.07) is -0.945. The van der Waals surface area contributed by atoms with Crippen molar-refractivity contribution in [3.05, 3.63) is 29.8 Å². The number of aliphatic carboxylic acids is 1. The molecule has 8 atom stereocenters. The molecule has 16 heteroatoms. The highest BCUT2D eigenvalue weighted by molar-refractivity contribution is 5.97. The number of carboxylic acid groups (broad SMARTS) is 1. The maximum Gasteiger partial charge on any atom is 0.304 e. The Hall–Kier alpha value is -4.57. The fourth-order valence-corrected chi connectivity index (χ4v) is 6.79. The van der Waals surface area contributed by atoms with Gasteiger partial charge >= 0.3 is 5.97 Å². The summed E-state index contributed by atoms with van der Waals surface area (Å²) in [5, 5.41) is 43.7. The third-order valence-corrected chi connectivity index (χ3v) is 9.29. The number of aliphatic hydroxyl groups is 1. The molecule has 294 valence electrons. The maximum atomic E-state index is 14.2. The lowest BCUT2D eigenvalue weighted by atomic mass is 9.90. The maximum absolute atomic E-state index is 14.2. The van der Waals surface area contributed by atoms with Gasteiger partial charge in [-0.25, -0.2) is 0 Å². The Morgan fingerprint density at radius 1 is 0.906 bits per heavy atom. The molecule has 1 aromatic rings. The molecule has 0 aliphatic carbocycles. The quantitative estimate of drug-likeness (QED) is 0.178. The first-order chi connectivity index (χ1) is 24.7. The van der Waals surface area contributed by atoms with Gasteiger partial charge in [-0.1, -0.05) is 26.0 Å². The van der Waals surface area contributed by atoms with Crippen LogP contribution < -0.4 is 26.6 Å². The van der Waals surface area contributed by atoms with Crippen LogP contribution >= 0.6 is 0 Å². The molecule has 0 saturated carbocycles. The lowest BCUT2D eigenvalue weighted by molar-refractivity contribution is -0.143. The molecule has 2 aliphatic rings. The van der Waals surface area contributed by atoms with Crippen LogP contribution in [0.3, 0.4) is 0 Å². The number of Topliss-reactive ketones (excluding diaryl/α,β-unsaturated/α-hetero) is 1. The van der Waals surface area contributed by atoms with Gasteiger partial charge in [0.2, 0.25) is 29.5 Å². The number of benzene rings is 1. The minimum absolute atomic E-state index is 0.00311. The van der Waals surface area contributed by atoms with Gasteiger partial charge in [0, 0.05) is 18.4 Å². The first kappa shape index (κ1) is 42.8. The van der Waals surface area contributed by atoms with E-state index in [9.17, 15) is 48.9 Å². The second kappa shape index (κ2) is 18.5. The number of rotatable bonds is 8. The molecule has 2 aliphatic heterocycles. The molecule has 2 heterocycles. The lowest BCUT2D eigenvalue weighted by Gasteiger charge is -2.38. The van der Waals surface area contributed by atoms with E-state index < -0.39 is 108 Å². The third-order valence-electron chi connectivity index (χ3n) is 9.29. The van der Waals surface area contributed by atoms with Crippen molar-refractivity contribution in [2.75, 3.05) is 6.54 Å². The minimum Gasteiger partial charge on any atom is -0.508 e. The summed E-state index contributed by atoms with van der Waals surface area (Å²) < 4.78 is 0. The summed E-state index contributed by atoms with van der Waals surface area (Å²) in [6.45, 7) is 12.1. The Bertz CT molecular complexity index is 1510. The van der Waals surface area contributed by atoms with Crippen LogP contribution in [0, 0.1) is 11.8 Å². The highest BCUT2D eigenvalue weighted by Gasteiger charge is 2.44. The van der Waals surface area contributed by atoms with Crippen molar-refractivity contribution in [1.82, 2.24) is 31.5 Å². The molecule has 0 radical (unpaired) electrons. The molecule has 0 spiro atoms. The Morgan fingerprint density at radius 3 is 2.09 bits per heavy atom. The second-order valence-electron chi connectivity index (χ2n) is 15.7. The van der Waals surface area contributed by atoms with Crippen LogP contribution in [0.2, 0.25) is 0 Å². The number of aromatic hydroxyl groups is 1. The van der Waals surface area contributed by atoms with Gasteiger partial charge in [0.15, 0.2) is 5.78 Å². The van der Waals surface area contributed by atoms with Crippen molar-refractivity contribution in [2.45, 2.75) is 135 Å². The average molecular weight is 745 g/mol. The van der Waals surface area contributed by atoms with Gasteiger partial charge in [0.05, 0.1) is 36.6 Å². The SMILES string of the molecule is CC(C)C[C@@H]1NC(=O)[C@@H](Cc2ccc(O)cc2)NC(=O)[C@@H]2CCCN2[C@H](C(=O)NC(C)(C)C)[C@H](C)NC(=O)[C@H]([C@@H](C)O)NC(=O)[C@H](CC(=O)O)CC1=O. The van der Waals surface area contributed by atoms with E-state index in [0.717, 1.165) is 0 Å².